The van der Waals surface area contributed by atoms with Gasteiger partial charge in [-0.2, -0.15) is 0 Å². The first-order valence-electron chi connectivity index (χ1n) is 7.81. The van der Waals surface area contributed by atoms with Crippen LogP contribution in [0.1, 0.15) is 32.8 Å². The number of carbonyl (C=O) groups excluding carboxylic acids is 2. The molecule has 0 saturated carbocycles. The summed E-state index contributed by atoms with van der Waals surface area (Å²) in [5.74, 6) is -0.706. The van der Waals surface area contributed by atoms with E-state index in [2.05, 4.69) is 4.98 Å². The molecule has 2 rings (SSSR count). The van der Waals surface area contributed by atoms with Gasteiger partial charge in [-0.15, -0.1) is 11.3 Å². The highest BCUT2D eigenvalue weighted by Crippen LogP contribution is 2.24. The number of nitrogens with zero attached hydrogens (tertiary/aromatic N) is 2. The van der Waals surface area contributed by atoms with Crippen LogP contribution < -0.4 is 0 Å². The van der Waals surface area contributed by atoms with Gasteiger partial charge in [0.2, 0.25) is 0 Å². The van der Waals surface area contributed by atoms with E-state index >= 15 is 0 Å². The highest BCUT2D eigenvalue weighted by atomic mass is 35.5. The molecule has 0 spiro atoms. The smallest absolute Gasteiger partial charge is 0.357 e. The number of halogens is 2. The molecule has 0 radical (unpaired) electrons. The summed E-state index contributed by atoms with van der Waals surface area (Å²) in [6.07, 6.45) is 0. The summed E-state index contributed by atoms with van der Waals surface area (Å²) in [5, 5.41) is 2.93. The predicted octanol–water partition coefficient (Wildman–Crippen LogP) is 3.92. The number of hydrogen-bond acceptors (Lipinski definition) is 6. The van der Waals surface area contributed by atoms with Gasteiger partial charge in [0.25, 0.3) is 5.91 Å². The van der Waals surface area contributed by atoms with E-state index in [-0.39, 0.29) is 24.8 Å². The fourth-order valence-electron chi connectivity index (χ4n) is 2.11. The Morgan fingerprint density at radius 1 is 1.27 bits per heavy atom. The molecule has 0 aliphatic rings. The maximum atomic E-state index is 12.8. The van der Waals surface area contributed by atoms with Crippen LogP contribution in [0, 0.1) is 0 Å². The molecule has 0 fully saturated rings. The zero-order valence-corrected chi connectivity index (χ0v) is 16.7. The number of hydrogen-bond donors (Lipinski definition) is 0. The Morgan fingerprint density at radius 3 is 2.69 bits per heavy atom. The van der Waals surface area contributed by atoms with Crippen LogP contribution >= 0.6 is 34.5 Å². The number of benzene rings is 1. The van der Waals surface area contributed by atoms with Crippen LogP contribution in [0.15, 0.2) is 23.6 Å². The lowest BCUT2D eigenvalue weighted by Gasteiger charge is -2.21. The highest BCUT2D eigenvalue weighted by Gasteiger charge is 2.20. The molecule has 1 heterocycles. The molecule has 140 valence electrons. The van der Waals surface area contributed by atoms with E-state index in [0.29, 0.717) is 33.8 Å². The lowest BCUT2D eigenvalue weighted by Crippen LogP contribution is -2.33. The molecule has 9 heteroatoms. The van der Waals surface area contributed by atoms with Crippen molar-refractivity contribution in [3.8, 4) is 0 Å². The Hall–Kier alpha value is -1.67. The molecule has 0 aliphatic heterocycles. The lowest BCUT2D eigenvalue weighted by atomic mass is 10.2. The minimum Gasteiger partial charge on any atom is -0.461 e. The van der Waals surface area contributed by atoms with Crippen molar-refractivity contribution in [3.63, 3.8) is 0 Å². The van der Waals surface area contributed by atoms with Gasteiger partial charge in [-0.25, -0.2) is 9.78 Å². The number of methoxy groups -OCH3 is 1. The third-order valence-corrected chi connectivity index (χ3v) is 4.95. The SMILES string of the molecule is CCOC(=O)c1csc(CN(CCOC)C(=O)c2ccc(Cl)c(Cl)c2)n1. The first-order chi connectivity index (χ1) is 12.5. The second-order valence-corrected chi connectivity index (χ2v) is 6.95. The van der Waals surface area contributed by atoms with Gasteiger partial charge in [-0.1, -0.05) is 23.2 Å². The fraction of sp³-hybridized carbons (Fsp3) is 0.353. The molecule has 0 saturated heterocycles. The molecule has 0 N–H and O–H groups in total. The number of ether oxygens (including phenoxy) is 2. The van der Waals surface area contributed by atoms with Crippen molar-refractivity contribution in [2.24, 2.45) is 0 Å². The first kappa shape index (κ1) is 20.6. The van der Waals surface area contributed by atoms with E-state index in [1.807, 2.05) is 0 Å². The summed E-state index contributed by atoms with van der Waals surface area (Å²) in [7, 11) is 1.56. The Morgan fingerprint density at radius 2 is 2.04 bits per heavy atom. The van der Waals surface area contributed by atoms with Gasteiger partial charge in [0.05, 0.1) is 29.8 Å². The largest absolute Gasteiger partial charge is 0.461 e. The predicted molar refractivity (Wildman–Crippen MR) is 101 cm³/mol. The van der Waals surface area contributed by atoms with Crippen molar-refractivity contribution in [2.45, 2.75) is 13.5 Å². The lowest BCUT2D eigenvalue weighted by molar-refractivity contribution is 0.0520. The van der Waals surface area contributed by atoms with Crippen LogP contribution in [0.4, 0.5) is 0 Å². The van der Waals surface area contributed by atoms with Gasteiger partial charge < -0.3 is 14.4 Å². The average Bonchev–Trinajstić information content (AvgIpc) is 3.09. The van der Waals surface area contributed by atoms with E-state index in [9.17, 15) is 9.59 Å². The number of rotatable bonds is 8. The second-order valence-electron chi connectivity index (χ2n) is 5.20. The maximum Gasteiger partial charge on any atom is 0.357 e. The maximum absolute atomic E-state index is 12.8. The van der Waals surface area contributed by atoms with Crippen molar-refractivity contribution in [1.29, 1.82) is 0 Å². The molecule has 26 heavy (non-hydrogen) atoms. The summed E-state index contributed by atoms with van der Waals surface area (Å²) in [6, 6.07) is 4.72. The quantitative estimate of drug-likeness (QED) is 0.609. The molecule has 2 aromatic rings. The van der Waals surface area contributed by atoms with E-state index in [1.54, 1.807) is 36.4 Å². The number of thiazole rings is 1. The van der Waals surface area contributed by atoms with Gasteiger partial charge in [0, 0.05) is 24.6 Å². The highest BCUT2D eigenvalue weighted by molar-refractivity contribution is 7.09. The summed E-state index contributed by atoms with van der Waals surface area (Å²) in [5.41, 5.74) is 0.651. The summed E-state index contributed by atoms with van der Waals surface area (Å²) in [6.45, 7) is 2.98. The summed E-state index contributed by atoms with van der Waals surface area (Å²) >= 11 is 13.2. The van der Waals surface area contributed by atoms with E-state index in [1.165, 1.54) is 17.4 Å². The zero-order valence-electron chi connectivity index (χ0n) is 14.3. The number of amides is 1. The molecule has 6 nitrogen and oxygen atoms in total. The van der Waals surface area contributed by atoms with Gasteiger partial charge in [0.15, 0.2) is 5.69 Å². The van der Waals surface area contributed by atoms with Crippen molar-refractivity contribution in [2.75, 3.05) is 26.9 Å². The van der Waals surface area contributed by atoms with Gasteiger partial charge in [-0.05, 0) is 25.1 Å². The fourth-order valence-corrected chi connectivity index (χ4v) is 3.19. The zero-order chi connectivity index (χ0) is 19.1. The molecule has 1 amide bonds. The van der Waals surface area contributed by atoms with Crippen molar-refractivity contribution >= 4 is 46.4 Å². The standard InChI is InChI=1S/C17H18Cl2N2O4S/c1-3-25-17(23)14-10-26-15(20-14)9-21(6-7-24-2)16(22)11-4-5-12(18)13(19)8-11/h4-5,8,10H,3,6-7,9H2,1-2H3. The third-order valence-electron chi connectivity index (χ3n) is 3.38. The monoisotopic (exact) mass is 416 g/mol. The van der Waals surface area contributed by atoms with Crippen LogP contribution in [0.3, 0.4) is 0 Å². The van der Waals surface area contributed by atoms with Crippen LogP contribution in [0.5, 0.6) is 0 Å². The number of aromatic nitrogens is 1. The number of esters is 1. The average molecular weight is 417 g/mol. The minimum atomic E-state index is -0.478. The number of carbonyl (C=O) groups is 2. The molecule has 1 aromatic heterocycles. The van der Waals surface area contributed by atoms with E-state index < -0.39 is 5.97 Å². The van der Waals surface area contributed by atoms with Crippen molar-refractivity contribution in [1.82, 2.24) is 9.88 Å². The second kappa shape index (κ2) is 9.87. The molecule has 0 aliphatic carbocycles. The van der Waals surface area contributed by atoms with Crippen LogP contribution in [-0.2, 0) is 16.0 Å². The Balaban J connectivity index is 2.17. The molecule has 0 bridgehead atoms. The van der Waals surface area contributed by atoms with Crippen LogP contribution in [0.25, 0.3) is 0 Å². The molecule has 1 aromatic carbocycles. The molecular weight excluding hydrogens is 399 g/mol. The first-order valence-corrected chi connectivity index (χ1v) is 9.44. The van der Waals surface area contributed by atoms with Crippen LogP contribution in [-0.4, -0.2) is 48.6 Å². The van der Waals surface area contributed by atoms with Gasteiger partial charge in [0.1, 0.15) is 5.01 Å². The van der Waals surface area contributed by atoms with Crippen molar-refractivity contribution < 1.29 is 19.1 Å². The molecule has 0 unspecified atom stereocenters. The van der Waals surface area contributed by atoms with Gasteiger partial charge in [-0.3, -0.25) is 4.79 Å². The molecule has 0 atom stereocenters. The van der Waals surface area contributed by atoms with E-state index in [0.717, 1.165) is 0 Å². The summed E-state index contributed by atoms with van der Waals surface area (Å²) in [4.78, 5) is 30.4. The Bertz CT molecular complexity index is 782. The topological polar surface area (TPSA) is 68.7 Å². The van der Waals surface area contributed by atoms with E-state index in [4.69, 9.17) is 32.7 Å². The third kappa shape index (κ3) is 5.41. The Labute approximate surface area is 165 Å². The molecular formula is C17H18Cl2N2O4S. The minimum absolute atomic E-state index is 0.228. The Kier molecular flexibility index (Phi) is 7.84. The van der Waals surface area contributed by atoms with Crippen LogP contribution in [0.2, 0.25) is 10.0 Å². The van der Waals surface area contributed by atoms with Crippen molar-refractivity contribution in [3.05, 3.63) is 49.9 Å². The van der Waals surface area contributed by atoms with Gasteiger partial charge >= 0.3 is 5.97 Å². The normalized spacial score (nSPS) is 10.6. The summed E-state index contributed by atoms with van der Waals surface area (Å²) < 4.78 is 10.0.